The number of phenols is 3. The van der Waals surface area contributed by atoms with E-state index in [-0.39, 0.29) is 17.2 Å². The normalized spacial score (nSPS) is 15.4. The highest BCUT2D eigenvalue weighted by atomic mass is 16.6. The monoisotopic (exact) mass is 1040 g/mol. The minimum absolute atomic E-state index is 0.0626. The van der Waals surface area contributed by atoms with E-state index in [9.17, 15) is 44.1 Å². The average Bonchev–Trinajstić information content (AvgIpc) is 3.22. The molecule has 0 spiro atoms. The van der Waals surface area contributed by atoms with Gasteiger partial charge in [0.2, 0.25) is 0 Å². The van der Waals surface area contributed by atoms with E-state index < -0.39 is 104 Å². The molecule has 0 saturated carbocycles. The zero-order chi connectivity index (χ0) is 58.0. The summed E-state index contributed by atoms with van der Waals surface area (Å²) in [7, 11) is 0. The third-order valence-corrected chi connectivity index (χ3v) is 13.8. The summed E-state index contributed by atoms with van der Waals surface area (Å²) < 4.78 is 19.5. The molecule has 0 amide bonds. The van der Waals surface area contributed by atoms with Crippen LogP contribution in [-0.4, -0.2) is 46.9 Å². The third-order valence-electron chi connectivity index (χ3n) is 13.8. The molecule has 15 heteroatoms. The summed E-state index contributed by atoms with van der Waals surface area (Å²) in [6.45, 7) is 43.9. The molecule has 4 rings (SSSR count). The van der Waals surface area contributed by atoms with Crippen LogP contribution in [-0.2, 0) is 61.1 Å². The SMILES string of the molecule is CC(C(=O)OC(C)n1c(=O)n(C(C)OC(=O)C(C)c2ccc(O)c(C(C)(C)C)c2C(C)(C)C)c(=O)n(C(C)OC(=O)C(C)c2ccc(O)c(C(C)(C)C)c2C(C)(C)C)c1=O)c1ccc(O)c(C(C)(C)C)c1C(C)(C)C. The number of ether oxygens (including phenoxy) is 3. The van der Waals surface area contributed by atoms with Gasteiger partial charge in [-0.05, 0) is 126 Å². The molecule has 4 aromatic rings. The van der Waals surface area contributed by atoms with E-state index in [0.717, 1.165) is 16.7 Å². The Balaban J connectivity index is 1.94. The molecule has 75 heavy (non-hydrogen) atoms. The Labute approximate surface area is 444 Å². The van der Waals surface area contributed by atoms with Crippen LogP contribution in [0.15, 0.2) is 50.8 Å². The number of nitrogens with zero attached hydrogens (tertiary/aromatic N) is 3. The number of rotatable bonds is 12. The summed E-state index contributed by atoms with van der Waals surface area (Å²) in [5, 5.41) is 33.4. The molecule has 0 radical (unpaired) electrons. The summed E-state index contributed by atoms with van der Waals surface area (Å²) in [4.78, 5) is 87.5. The van der Waals surface area contributed by atoms with Gasteiger partial charge >= 0.3 is 35.0 Å². The Morgan fingerprint density at radius 3 is 0.680 bits per heavy atom. The number of aromatic nitrogens is 3. The lowest BCUT2D eigenvalue weighted by atomic mass is 9.71. The predicted octanol–water partition coefficient (Wildman–Crippen LogP) is 11.7. The van der Waals surface area contributed by atoms with Crippen LogP contribution >= 0.6 is 0 Å². The molecule has 0 aliphatic rings. The first-order valence-corrected chi connectivity index (χ1v) is 26.0. The van der Waals surface area contributed by atoms with Crippen molar-refractivity contribution < 1.29 is 43.9 Å². The molecule has 3 aromatic carbocycles. The first kappa shape index (κ1) is 61.4. The molecule has 3 N–H and O–H groups in total. The number of hydrogen-bond acceptors (Lipinski definition) is 12. The molecule has 0 aliphatic carbocycles. The van der Waals surface area contributed by atoms with Gasteiger partial charge in [-0.2, -0.15) is 0 Å². The molecule has 0 aliphatic heterocycles. The van der Waals surface area contributed by atoms with E-state index in [1.54, 1.807) is 39.0 Å². The van der Waals surface area contributed by atoms with Gasteiger partial charge in [-0.25, -0.2) is 28.1 Å². The number of esters is 3. The minimum atomic E-state index is -1.69. The second-order valence-corrected chi connectivity index (χ2v) is 26.5. The van der Waals surface area contributed by atoms with Gasteiger partial charge in [0.1, 0.15) is 17.2 Å². The van der Waals surface area contributed by atoms with E-state index in [0.29, 0.717) is 47.1 Å². The Morgan fingerprint density at radius 2 is 0.520 bits per heavy atom. The highest BCUT2D eigenvalue weighted by Crippen LogP contribution is 2.47. The van der Waals surface area contributed by atoms with Crippen LogP contribution in [0.1, 0.15) is 253 Å². The number of hydrogen-bond donors (Lipinski definition) is 3. The lowest BCUT2D eigenvalue weighted by Crippen LogP contribution is -2.57. The smallest absolute Gasteiger partial charge is 0.342 e. The van der Waals surface area contributed by atoms with Crippen molar-refractivity contribution in [2.24, 2.45) is 0 Å². The number of benzene rings is 3. The molecule has 6 atom stereocenters. The lowest BCUT2D eigenvalue weighted by Gasteiger charge is -2.34. The Morgan fingerprint density at radius 1 is 0.347 bits per heavy atom. The second kappa shape index (κ2) is 21.1. The molecule has 0 fully saturated rings. The van der Waals surface area contributed by atoms with Crippen LogP contribution < -0.4 is 17.1 Å². The average molecular weight is 1040 g/mol. The topological polar surface area (TPSA) is 206 Å². The Kier molecular flexibility index (Phi) is 17.3. The fourth-order valence-electron chi connectivity index (χ4n) is 10.5. The molecule has 1 heterocycles. The maximum absolute atomic E-state index is 14.8. The molecule has 1 aromatic heterocycles. The standard InChI is InChI=1S/C60H87N3O12/c1-31(37-25-28-40(64)46(58(16,17)18)43(37)55(7,8)9)49(67)73-34(4)61-52(70)62(35(5)74-50(68)32(2)38-26-29-41(65)47(59(19,20)21)44(38)56(10,11)12)54(72)63(53(61)71)36(6)75-51(69)33(3)39-27-30-42(66)48(60(22,23)24)45(39)57(13,14)15/h25-36,64-66H,1-24H3. The minimum Gasteiger partial charge on any atom is -0.508 e. The van der Waals surface area contributed by atoms with Crippen molar-refractivity contribution in [3.05, 3.63) is 118 Å². The molecular weight excluding hydrogens is 955 g/mol. The molecule has 15 nitrogen and oxygen atoms in total. The van der Waals surface area contributed by atoms with Crippen LogP contribution in [0.5, 0.6) is 17.2 Å². The van der Waals surface area contributed by atoms with E-state index in [1.807, 2.05) is 125 Å². The van der Waals surface area contributed by atoms with Crippen molar-refractivity contribution in [1.29, 1.82) is 0 Å². The van der Waals surface area contributed by atoms with Crippen LogP contribution in [0, 0.1) is 0 Å². The van der Waals surface area contributed by atoms with Gasteiger partial charge in [0.25, 0.3) is 0 Å². The highest BCUT2D eigenvalue weighted by molar-refractivity contribution is 5.80. The molecule has 0 saturated heterocycles. The van der Waals surface area contributed by atoms with Crippen molar-refractivity contribution >= 4 is 17.9 Å². The fraction of sp³-hybridized carbons (Fsp3) is 0.600. The van der Waals surface area contributed by atoms with Gasteiger partial charge in [-0.3, -0.25) is 14.4 Å². The molecule has 414 valence electrons. The quantitative estimate of drug-likeness (QED) is 0.0895. The maximum atomic E-state index is 14.8. The van der Waals surface area contributed by atoms with E-state index in [1.165, 1.54) is 39.0 Å². The summed E-state index contributed by atoms with van der Waals surface area (Å²) >= 11 is 0. The van der Waals surface area contributed by atoms with Gasteiger partial charge in [-0.15, -0.1) is 0 Å². The molecule has 6 unspecified atom stereocenters. The van der Waals surface area contributed by atoms with Crippen molar-refractivity contribution in [3.8, 4) is 17.2 Å². The maximum Gasteiger partial charge on any atom is 0.342 e. The van der Waals surface area contributed by atoms with E-state index in [4.69, 9.17) is 14.2 Å². The molecular formula is C60H87N3O12. The zero-order valence-electron chi connectivity index (χ0n) is 49.3. The van der Waals surface area contributed by atoms with Crippen molar-refractivity contribution in [3.63, 3.8) is 0 Å². The van der Waals surface area contributed by atoms with Gasteiger partial charge < -0.3 is 29.5 Å². The Hall–Kier alpha value is -6.12. The highest BCUT2D eigenvalue weighted by Gasteiger charge is 2.39. The summed E-state index contributed by atoms with van der Waals surface area (Å²) in [5.41, 5.74) is -1.39. The zero-order valence-corrected chi connectivity index (χ0v) is 49.3. The number of carbonyl (C=O) groups excluding carboxylic acids is 3. The summed E-state index contributed by atoms with van der Waals surface area (Å²) in [6.07, 6.45) is -5.07. The largest absolute Gasteiger partial charge is 0.508 e. The second-order valence-electron chi connectivity index (χ2n) is 26.5. The molecule has 0 bridgehead atoms. The summed E-state index contributed by atoms with van der Waals surface area (Å²) in [5.74, 6) is -5.32. The van der Waals surface area contributed by atoms with Crippen LogP contribution in [0.4, 0.5) is 0 Å². The lowest BCUT2D eigenvalue weighted by molar-refractivity contribution is -0.156. The first-order chi connectivity index (χ1) is 33.8. The van der Waals surface area contributed by atoms with Gasteiger partial charge in [0, 0.05) is 16.7 Å². The van der Waals surface area contributed by atoms with Gasteiger partial charge in [-0.1, -0.05) is 143 Å². The van der Waals surface area contributed by atoms with Gasteiger partial charge in [0.15, 0.2) is 18.7 Å². The van der Waals surface area contributed by atoms with E-state index in [2.05, 4.69) is 0 Å². The third kappa shape index (κ3) is 12.6. The van der Waals surface area contributed by atoms with Crippen molar-refractivity contribution in [2.75, 3.05) is 0 Å². The number of phenolic OH excluding ortho intramolecular Hbond substituents is 3. The van der Waals surface area contributed by atoms with Gasteiger partial charge in [0.05, 0.1) is 17.8 Å². The van der Waals surface area contributed by atoms with Crippen LogP contribution in [0.3, 0.4) is 0 Å². The van der Waals surface area contributed by atoms with Crippen molar-refractivity contribution in [1.82, 2.24) is 13.7 Å². The van der Waals surface area contributed by atoms with Crippen LogP contribution in [0.2, 0.25) is 0 Å². The van der Waals surface area contributed by atoms with Crippen molar-refractivity contribution in [2.45, 2.75) is 235 Å². The number of carbonyl (C=O) groups is 3. The Bertz CT molecular complexity index is 2670. The first-order valence-electron chi connectivity index (χ1n) is 26.0. The number of aromatic hydroxyl groups is 3. The predicted molar refractivity (Wildman–Crippen MR) is 293 cm³/mol. The van der Waals surface area contributed by atoms with Crippen LogP contribution in [0.25, 0.3) is 0 Å². The fourth-order valence-corrected chi connectivity index (χ4v) is 10.5. The summed E-state index contributed by atoms with van der Waals surface area (Å²) in [6, 6.07) is 9.51. The van der Waals surface area contributed by atoms with E-state index >= 15 is 0 Å².